The lowest BCUT2D eigenvalue weighted by atomic mass is 10.1. The van der Waals surface area contributed by atoms with Crippen molar-refractivity contribution in [3.05, 3.63) is 76.2 Å². The Morgan fingerprint density at radius 3 is 2.50 bits per heavy atom. The Morgan fingerprint density at radius 1 is 1.22 bits per heavy atom. The van der Waals surface area contributed by atoms with Gasteiger partial charge in [0, 0.05) is 32.3 Å². The first kappa shape index (κ1) is 22.7. The topological polar surface area (TPSA) is 95.3 Å². The van der Waals surface area contributed by atoms with Crippen LogP contribution >= 0.6 is 0 Å². The van der Waals surface area contributed by atoms with Gasteiger partial charge in [0.15, 0.2) is 5.65 Å². The van der Waals surface area contributed by atoms with Crippen molar-refractivity contribution in [3.8, 4) is 0 Å². The van der Waals surface area contributed by atoms with Crippen LogP contribution in [0.2, 0.25) is 0 Å². The standard InChI is InChI=1S/C24H26N6O2/c1-24(2,3)29-22(31)18-14-27-21-20(18)28-17(13-26-21)11-15-7-9-16(10-8-15)12-19(25-4)23(32)30(5)6/h7-10,12-14H,11H2,1-3,5-6H3,(H,26,27)(H,29,31). The van der Waals surface area contributed by atoms with Gasteiger partial charge in [0.05, 0.1) is 24.0 Å². The van der Waals surface area contributed by atoms with Gasteiger partial charge in [-0.05, 0) is 38.0 Å². The smallest absolute Gasteiger partial charge is 0.255 e. The Morgan fingerprint density at radius 2 is 1.91 bits per heavy atom. The molecule has 2 aromatic heterocycles. The first-order valence-corrected chi connectivity index (χ1v) is 10.1. The van der Waals surface area contributed by atoms with Crippen molar-refractivity contribution in [1.82, 2.24) is 25.2 Å². The summed E-state index contributed by atoms with van der Waals surface area (Å²) in [7, 11) is 3.23. The molecule has 0 aliphatic rings. The van der Waals surface area contributed by atoms with E-state index < -0.39 is 0 Å². The van der Waals surface area contributed by atoms with Crippen LogP contribution in [0.1, 0.15) is 48.0 Å². The molecule has 0 saturated heterocycles. The second-order valence-corrected chi connectivity index (χ2v) is 8.72. The van der Waals surface area contributed by atoms with Crippen LogP contribution in [0.4, 0.5) is 0 Å². The minimum atomic E-state index is -0.355. The summed E-state index contributed by atoms with van der Waals surface area (Å²) in [5.41, 5.74) is 3.76. The third-order valence-electron chi connectivity index (χ3n) is 4.58. The third kappa shape index (κ3) is 5.38. The number of fused-ring (bicyclic) bond motifs is 1. The summed E-state index contributed by atoms with van der Waals surface area (Å²) in [6.07, 6.45) is 5.42. The van der Waals surface area contributed by atoms with Gasteiger partial charge in [0.1, 0.15) is 5.52 Å². The normalized spacial score (nSPS) is 11.8. The van der Waals surface area contributed by atoms with E-state index in [2.05, 4.69) is 25.1 Å². The highest BCUT2D eigenvalue weighted by atomic mass is 16.2. The van der Waals surface area contributed by atoms with Crippen molar-refractivity contribution < 1.29 is 9.59 Å². The molecule has 0 aliphatic heterocycles. The molecule has 0 unspecified atom stereocenters. The molecule has 0 saturated carbocycles. The Balaban J connectivity index is 1.81. The van der Waals surface area contributed by atoms with Gasteiger partial charge >= 0.3 is 0 Å². The van der Waals surface area contributed by atoms with Crippen LogP contribution in [0.25, 0.3) is 22.1 Å². The quantitative estimate of drug-likeness (QED) is 0.479. The lowest BCUT2D eigenvalue weighted by molar-refractivity contribution is -0.124. The summed E-state index contributed by atoms with van der Waals surface area (Å²) in [5.74, 6) is -0.528. The van der Waals surface area contributed by atoms with Crippen LogP contribution in [0.15, 0.2) is 42.4 Å². The second-order valence-electron chi connectivity index (χ2n) is 8.72. The molecule has 2 amide bonds. The first-order chi connectivity index (χ1) is 15.1. The summed E-state index contributed by atoms with van der Waals surface area (Å²) in [4.78, 5) is 41.4. The number of hydrogen-bond acceptors (Lipinski definition) is 4. The predicted octanol–water partition coefficient (Wildman–Crippen LogP) is 3.43. The van der Waals surface area contributed by atoms with E-state index in [0.717, 1.165) is 16.8 Å². The molecule has 164 valence electrons. The fourth-order valence-electron chi connectivity index (χ4n) is 3.06. The van der Waals surface area contributed by atoms with Crippen LogP contribution in [0, 0.1) is 6.57 Å². The molecule has 0 aliphatic carbocycles. The Bertz CT molecular complexity index is 1220. The van der Waals surface area contributed by atoms with E-state index >= 15 is 0 Å². The predicted molar refractivity (Wildman–Crippen MR) is 124 cm³/mol. The molecule has 1 aromatic carbocycles. The van der Waals surface area contributed by atoms with E-state index in [-0.39, 0.29) is 23.1 Å². The monoisotopic (exact) mass is 430 g/mol. The Hall–Kier alpha value is -3.99. The number of carbonyl (C=O) groups is 2. The number of carbonyl (C=O) groups excluding carboxylic acids is 2. The molecule has 8 nitrogen and oxygen atoms in total. The van der Waals surface area contributed by atoms with Gasteiger partial charge in [-0.3, -0.25) is 9.59 Å². The molecule has 0 atom stereocenters. The maximum atomic E-state index is 12.6. The lowest BCUT2D eigenvalue weighted by Crippen LogP contribution is -2.40. The number of H-pyrrole nitrogens is 1. The highest BCUT2D eigenvalue weighted by molar-refractivity contribution is 6.04. The van der Waals surface area contributed by atoms with Gasteiger partial charge in [-0.15, -0.1) is 0 Å². The fraction of sp³-hybridized carbons (Fsp3) is 0.292. The molecule has 0 fully saturated rings. The Labute approximate surface area is 187 Å². The molecule has 0 spiro atoms. The Kier molecular flexibility index (Phi) is 6.40. The number of nitrogens with one attached hydrogen (secondary N) is 2. The van der Waals surface area contributed by atoms with Gasteiger partial charge in [-0.25, -0.2) is 14.8 Å². The van der Waals surface area contributed by atoms with E-state index in [0.29, 0.717) is 23.1 Å². The summed E-state index contributed by atoms with van der Waals surface area (Å²) in [5, 5.41) is 2.94. The minimum Gasteiger partial charge on any atom is -0.354 e. The molecule has 0 bridgehead atoms. The van der Waals surface area contributed by atoms with Crippen molar-refractivity contribution in [2.75, 3.05) is 14.1 Å². The zero-order chi connectivity index (χ0) is 23.5. The average Bonchev–Trinajstić information content (AvgIpc) is 3.15. The lowest BCUT2D eigenvalue weighted by Gasteiger charge is -2.20. The van der Waals surface area contributed by atoms with Gasteiger partial charge < -0.3 is 15.2 Å². The SMILES string of the molecule is [C-]#[N+]C(=Cc1ccc(Cc2cnc3[nH]cc(C(=O)NC(C)(C)C)c3n2)cc1)C(=O)N(C)C. The summed E-state index contributed by atoms with van der Waals surface area (Å²) in [6, 6.07) is 7.55. The summed E-state index contributed by atoms with van der Waals surface area (Å²) < 4.78 is 0. The van der Waals surface area contributed by atoms with Crippen molar-refractivity contribution >= 4 is 29.1 Å². The van der Waals surface area contributed by atoms with E-state index in [9.17, 15) is 9.59 Å². The number of hydrogen-bond donors (Lipinski definition) is 2. The van der Waals surface area contributed by atoms with E-state index in [1.807, 2.05) is 45.0 Å². The highest BCUT2D eigenvalue weighted by Crippen LogP contribution is 2.18. The number of rotatable bonds is 5. The molecular formula is C24H26N6O2. The zero-order valence-electron chi connectivity index (χ0n) is 18.9. The van der Waals surface area contributed by atoms with Crippen LogP contribution in [0.3, 0.4) is 0 Å². The third-order valence-corrected chi connectivity index (χ3v) is 4.58. The number of nitrogens with zero attached hydrogens (tertiary/aromatic N) is 4. The molecule has 32 heavy (non-hydrogen) atoms. The molecule has 3 aromatic rings. The number of likely N-dealkylation sites (N-methyl/N-ethyl adjacent to an activating group) is 1. The van der Waals surface area contributed by atoms with Gasteiger partial charge in [0.2, 0.25) is 0 Å². The molecular weight excluding hydrogens is 404 g/mol. The average molecular weight is 431 g/mol. The number of amides is 2. The highest BCUT2D eigenvalue weighted by Gasteiger charge is 2.20. The van der Waals surface area contributed by atoms with Crippen LogP contribution < -0.4 is 5.32 Å². The first-order valence-electron chi connectivity index (χ1n) is 10.1. The number of aromatic nitrogens is 3. The summed E-state index contributed by atoms with van der Waals surface area (Å²) in [6.45, 7) is 13.0. The van der Waals surface area contributed by atoms with Gasteiger partial charge in [-0.1, -0.05) is 24.3 Å². The number of benzene rings is 1. The second kappa shape index (κ2) is 9.02. The fourth-order valence-corrected chi connectivity index (χ4v) is 3.06. The van der Waals surface area contributed by atoms with Crippen molar-refractivity contribution in [1.29, 1.82) is 0 Å². The van der Waals surface area contributed by atoms with Crippen LogP contribution in [-0.4, -0.2) is 51.3 Å². The van der Waals surface area contributed by atoms with Gasteiger partial charge in [0.25, 0.3) is 17.5 Å². The molecule has 8 heteroatoms. The number of aromatic amines is 1. The van der Waals surface area contributed by atoms with Gasteiger partial charge in [-0.2, -0.15) is 0 Å². The van der Waals surface area contributed by atoms with E-state index in [1.54, 1.807) is 32.6 Å². The van der Waals surface area contributed by atoms with E-state index in [1.165, 1.54) is 4.90 Å². The van der Waals surface area contributed by atoms with Crippen LogP contribution in [0.5, 0.6) is 0 Å². The molecule has 2 N–H and O–H groups in total. The van der Waals surface area contributed by atoms with Crippen LogP contribution in [-0.2, 0) is 11.2 Å². The molecule has 2 heterocycles. The van der Waals surface area contributed by atoms with Crippen molar-refractivity contribution in [2.24, 2.45) is 0 Å². The zero-order valence-corrected chi connectivity index (χ0v) is 18.9. The summed E-state index contributed by atoms with van der Waals surface area (Å²) >= 11 is 0. The molecule has 0 radical (unpaired) electrons. The molecule has 3 rings (SSSR count). The van der Waals surface area contributed by atoms with Crippen molar-refractivity contribution in [3.63, 3.8) is 0 Å². The minimum absolute atomic E-state index is 0.0626. The van der Waals surface area contributed by atoms with E-state index in [4.69, 9.17) is 6.57 Å². The van der Waals surface area contributed by atoms with Crippen molar-refractivity contribution in [2.45, 2.75) is 32.7 Å². The maximum Gasteiger partial charge on any atom is 0.255 e. The largest absolute Gasteiger partial charge is 0.354 e. The maximum absolute atomic E-state index is 12.6.